The second-order valence-electron chi connectivity index (χ2n) is 4.26. The molecule has 0 saturated heterocycles. The molecule has 0 radical (unpaired) electrons. The van der Waals surface area contributed by atoms with E-state index in [1.807, 2.05) is 17.4 Å². The summed E-state index contributed by atoms with van der Waals surface area (Å²) in [7, 11) is 0. The molecule has 0 aromatic carbocycles. The molecule has 0 saturated carbocycles. The molecule has 0 aromatic heterocycles. The van der Waals surface area contributed by atoms with Gasteiger partial charge in [0.2, 0.25) is 0 Å². The molecule has 0 aliphatic carbocycles. The van der Waals surface area contributed by atoms with Crippen LogP contribution in [0.25, 0.3) is 0 Å². The molecule has 0 bridgehead atoms. The Morgan fingerprint density at radius 3 is 2.69 bits per heavy atom. The molecule has 3 nitrogen and oxygen atoms in total. The molecule has 2 heterocycles. The molecule has 3 heteroatoms. The Labute approximate surface area is 79.0 Å². The van der Waals surface area contributed by atoms with Gasteiger partial charge in [-0.3, -0.25) is 5.01 Å². The van der Waals surface area contributed by atoms with Gasteiger partial charge in [-0.15, -0.1) is 0 Å². The summed E-state index contributed by atoms with van der Waals surface area (Å²) in [5.41, 5.74) is 4.42. The van der Waals surface area contributed by atoms with Crippen LogP contribution in [0.5, 0.6) is 0 Å². The first kappa shape index (κ1) is 8.23. The van der Waals surface area contributed by atoms with Gasteiger partial charge in [-0.2, -0.15) is 0 Å². The van der Waals surface area contributed by atoms with E-state index in [-0.39, 0.29) is 5.54 Å². The lowest BCUT2D eigenvalue weighted by Crippen LogP contribution is -2.37. The van der Waals surface area contributed by atoms with Gasteiger partial charge < -0.3 is 10.3 Å². The van der Waals surface area contributed by atoms with E-state index in [4.69, 9.17) is 0 Å². The lowest BCUT2D eigenvalue weighted by Gasteiger charge is -2.35. The van der Waals surface area contributed by atoms with E-state index in [0.717, 1.165) is 0 Å². The fourth-order valence-electron chi connectivity index (χ4n) is 1.33. The molecule has 0 unspecified atom stereocenters. The highest BCUT2D eigenvalue weighted by Crippen LogP contribution is 2.22. The lowest BCUT2D eigenvalue weighted by atomic mass is 10.1. The van der Waals surface area contributed by atoms with Crippen molar-refractivity contribution >= 4 is 0 Å². The monoisotopic (exact) mass is 177 g/mol. The molecule has 2 aliphatic rings. The Hall–Kier alpha value is -1.38. The number of hydrazine groups is 1. The van der Waals surface area contributed by atoms with Crippen LogP contribution in [-0.4, -0.2) is 15.4 Å². The molecule has 0 atom stereocenters. The van der Waals surface area contributed by atoms with E-state index in [0.29, 0.717) is 0 Å². The van der Waals surface area contributed by atoms with Crippen molar-refractivity contribution in [1.82, 2.24) is 15.3 Å². The molecule has 2 aliphatic heterocycles. The summed E-state index contributed by atoms with van der Waals surface area (Å²) in [5, 5.41) is 1.99. The Morgan fingerprint density at radius 1 is 1.23 bits per heavy atom. The Balaban J connectivity index is 2.23. The van der Waals surface area contributed by atoms with Crippen LogP contribution in [0.1, 0.15) is 20.8 Å². The molecule has 13 heavy (non-hydrogen) atoms. The van der Waals surface area contributed by atoms with E-state index in [1.165, 1.54) is 5.70 Å². The van der Waals surface area contributed by atoms with Gasteiger partial charge in [-0.05, 0) is 26.8 Å². The van der Waals surface area contributed by atoms with Crippen molar-refractivity contribution in [3.63, 3.8) is 0 Å². The molecule has 0 spiro atoms. The van der Waals surface area contributed by atoms with Gasteiger partial charge in [0, 0.05) is 30.3 Å². The number of hydrogen-bond donors (Lipinski definition) is 1. The third-order valence-electron chi connectivity index (χ3n) is 2.17. The minimum absolute atomic E-state index is 0.145. The number of nitrogens with zero attached hydrogens (tertiary/aromatic N) is 2. The van der Waals surface area contributed by atoms with Crippen LogP contribution in [0, 0.1) is 0 Å². The zero-order valence-electron chi connectivity index (χ0n) is 8.28. The Morgan fingerprint density at radius 2 is 2.00 bits per heavy atom. The SMILES string of the molecule is CC(C)(C)N1C=CN2NC=CC2=C1. The van der Waals surface area contributed by atoms with E-state index in [2.05, 4.69) is 49.6 Å². The van der Waals surface area contributed by atoms with Crippen molar-refractivity contribution in [2.24, 2.45) is 0 Å². The summed E-state index contributed by atoms with van der Waals surface area (Å²) in [5.74, 6) is 0. The van der Waals surface area contributed by atoms with E-state index in [1.54, 1.807) is 0 Å². The van der Waals surface area contributed by atoms with Gasteiger partial charge >= 0.3 is 0 Å². The molecule has 1 N–H and O–H groups in total. The van der Waals surface area contributed by atoms with Gasteiger partial charge in [-0.25, -0.2) is 0 Å². The average Bonchev–Trinajstić information content (AvgIpc) is 2.47. The minimum atomic E-state index is 0.145. The second-order valence-corrected chi connectivity index (χ2v) is 4.26. The third-order valence-corrected chi connectivity index (χ3v) is 2.17. The second kappa shape index (κ2) is 2.55. The van der Waals surface area contributed by atoms with Crippen LogP contribution in [0.3, 0.4) is 0 Å². The fraction of sp³-hybridized carbons (Fsp3) is 0.400. The normalized spacial score (nSPS) is 20.1. The summed E-state index contributed by atoms with van der Waals surface area (Å²) < 4.78 is 0. The molecule has 70 valence electrons. The van der Waals surface area contributed by atoms with Gasteiger partial charge in [0.25, 0.3) is 0 Å². The average molecular weight is 177 g/mol. The van der Waals surface area contributed by atoms with Crippen molar-refractivity contribution in [2.45, 2.75) is 26.3 Å². The first-order valence-electron chi connectivity index (χ1n) is 4.48. The number of hydrogen-bond acceptors (Lipinski definition) is 3. The Kier molecular flexibility index (Phi) is 1.62. The topological polar surface area (TPSA) is 18.5 Å². The molecule has 0 aromatic rings. The number of allylic oxidation sites excluding steroid dienone is 1. The summed E-state index contributed by atoms with van der Waals surface area (Å²) >= 11 is 0. The van der Waals surface area contributed by atoms with Crippen molar-refractivity contribution < 1.29 is 0 Å². The number of nitrogens with one attached hydrogen (secondary N) is 1. The van der Waals surface area contributed by atoms with Crippen LogP contribution >= 0.6 is 0 Å². The molecule has 0 amide bonds. The summed E-state index contributed by atoms with van der Waals surface area (Å²) in [6, 6.07) is 0. The molecular formula is C10H15N3. The smallest absolute Gasteiger partial charge is 0.0801 e. The number of rotatable bonds is 0. The zero-order valence-corrected chi connectivity index (χ0v) is 8.28. The van der Waals surface area contributed by atoms with Crippen LogP contribution < -0.4 is 5.43 Å². The number of fused-ring (bicyclic) bond motifs is 1. The highest BCUT2D eigenvalue weighted by atomic mass is 15.5. The predicted octanol–water partition coefficient (Wildman–Crippen LogP) is 1.75. The fourth-order valence-corrected chi connectivity index (χ4v) is 1.33. The Bertz CT molecular complexity index is 294. The van der Waals surface area contributed by atoms with E-state index < -0.39 is 0 Å². The van der Waals surface area contributed by atoms with Crippen LogP contribution in [0.4, 0.5) is 0 Å². The molecule has 2 rings (SSSR count). The highest BCUT2D eigenvalue weighted by molar-refractivity contribution is 5.26. The summed E-state index contributed by atoms with van der Waals surface area (Å²) in [4.78, 5) is 2.20. The maximum atomic E-state index is 3.10. The van der Waals surface area contributed by atoms with E-state index in [9.17, 15) is 0 Å². The summed E-state index contributed by atoms with van der Waals surface area (Å²) in [6.07, 6.45) is 10.2. The van der Waals surface area contributed by atoms with Crippen LogP contribution in [-0.2, 0) is 0 Å². The molecule has 0 fully saturated rings. The van der Waals surface area contributed by atoms with Gasteiger partial charge in [0.05, 0.1) is 5.70 Å². The lowest BCUT2D eigenvalue weighted by molar-refractivity contribution is 0.254. The highest BCUT2D eigenvalue weighted by Gasteiger charge is 2.21. The maximum Gasteiger partial charge on any atom is 0.0801 e. The van der Waals surface area contributed by atoms with Gasteiger partial charge in [0.15, 0.2) is 0 Å². The first-order chi connectivity index (χ1) is 6.07. The standard InChI is InChI=1S/C10H15N3/c1-10(2,3)12-6-7-13-9(8-12)4-5-11-13/h4-8,11H,1-3H3. The van der Waals surface area contributed by atoms with Gasteiger partial charge in [-0.1, -0.05) is 0 Å². The van der Waals surface area contributed by atoms with Crippen molar-refractivity contribution in [3.8, 4) is 0 Å². The first-order valence-corrected chi connectivity index (χ1v) is 4.48. The maximum absolute atomic E-state index is 3.10. The quantitative estimate of drug-likeness (QED) is 0.608. The van der Waals surface area contributed by atoms with Crippen molar-refractivity contribution in [1.29, 1.82) is 0 Å². The third kappa shape index (κ3) is 1.41. The van der Waals surface area contributed by atoms with E-state index >= 15 is 0 Å². The van der Waals surface area contributed by atoms with Crippen LogP contribution in [0.15, 0.2) is 36.6 Å². The minimum Gasteiger partial charge on any atom is -0.345 e. The van der Waals surface area contributed by atoms with Gasteiger partial charge in [0.1, 0.15) is 0 Å². The predicted molar refractivity (Wildman–Crippen MR) is 52.9 cm³/mol. The molecular weight excluding hydrogens is 162 g/mol. The summed E-state index contributed by atoms with van der Waals surface area (Å²) in [6.45, 7) is 6.57. The van der Waals surface area contributed by atoms with Crippen molar-refractivity contribution in [2.75, 3.05) is 0 Å². The largest absolute Gasteiger partial charge is 0.345 e. The zero-order chi connectivity index (χ0) is 9.47. The van der Waals surface area contributed by atoms with Crippen molar-refractivity contribution in [3.05, 3.63) is 36.6 Å². The van der Waals surface area contributed by atoms with Crippen LogP contribution in [0.2, 0.25) is 0 Å².